The molecule has 2 aliphatic rings. The molecule has 0 unspecified atom stereocenters. The molecular weight excluding hydrogens is 703 g/mol. The molecule has 0 bridgehead atoms. The van der Waals surface area contributed by atoms with Crippen LogP contribution in [0.1, 0.15) is 49.9 Å². The molecule has 2 aliphatic carbocycles. The smallest absolute Gasteiger partial charge is 0.136 e. The maximum Gasteiger partial charge on any atom is 0.136 e. The molecule has 0 saturated carbocycles. The topological polar surface area (TPSA) is 16.4 Å². The average Bonchev–Trinajstić information content (AvgIpc) is 3.83. The minimum absolute atomic E-state index is 0.149. The molecule has 0 amide bonds. The van der Waals surface area contributed by atoms with Gasteiger partial charge in [-0.05, 0) is 120 Å². The highest BCUT2D eigenvalue weighted by molar-refractivity contribution is 6.18. The molecular formula is C56H41NO. The minimum atomic E-state index is -0.149. The van der Waals surface area contributed by atoms with Gasteiger partial charge in [-0.25, -0.2) is 0 Å². The fraction of sp³-hybridized carbons (Fsp3) is 0.107. The Balaban J connectivity index is 1.16. The number of furan rings is 1. The van der Waals surface area contributed by atoms with E-state index >= 15 is 0 Å². The molecule has 9 aromatic carbocycles. The van der Waals surface area contributed by atoms with Gasteiger partial charge in [0.2, 0.25) is 0 Å². The van der Waals surface area contributed by atoms with Crippen molar-refractivity contribution in [2.45, 2.75) is 38.5 Å². The van der Waals surface area contributed by atoms with Crippen molar-refractivity contribution in [1.82, 2.24) is 0 Å². The van der Waals surface area contributed by atoms with Crippen LogP contribution in [0.2, 0.25) is 0 Å². The molecule has 0 aliphatic heterocycles. The lowest BCUT2D eigenvalue weighted by Gasteiger charge is -2.31. The van der Waals surface area contributed by atoms with E-state index in [1.54, 1.807) is 0 Å². The van der Waals surface area contributed by atoms with Gasteiger partial charge < -0.3 is 9.32 Å². The summed E-state index contributed by atoms with van der Waals surface area (Å²) in [6.07, 6.45) is 0. The Labute approximate surface area is 338 Å². The zero-order valence-electron chi connectivity index (χ0n) is 33.1. The second-order valence-corrected chi connectivity index (χ2v) is 17.3. The first-order valence-corrected chi connectivity index (χ1v) is 20.4. The van der Waals surface area contributed by atoms with Crippen molar-refractivity contribution in [3.05, 3.63) is 198 Å². The van der Waals surface area contributed by atoms with E-state index in [-0.39, 0.29) is 10.8 Å². The van der Waals surface area contributed by atoms with Crippen molar-refractivity contribution in [2.75, 3.05) is 4.90 Å². The van der Waals surface area contributed by atoms with E-state index in [2.05, 4.69) is 209 Å². The highest BCUT2D eigenvalue weighted by atomic mass is 16.3. The second kappa shape index (κ2) is 11.8. The van der Waals surface area contributed by atoms with Gasteiger partial charge >= 0.3 is 0 Å². The fourth-order valence-corrected chi connectivity index (χ4v) is 10.5. The number of rotatable bonds is 4. The van der Waals surface area contributed by atoms with Gasteiger partial charge in [0.1, 0.15) is 11.2 Å². The lowest BCUT2D eigenvalue weighted by atomic mass is 9.82. The molecule has 0 fully saturated rings. The Bertz CT molecular complexity index is 3250. The monoisotopic (exact) mass is 743 g/mol. The van der Waals surface area contributed by atoms with Crippen LogP contribution in [0.5, 0.6) is 0 Å². The Morgan fingerprint density at radius 3 is 1.64 bits per heavy atom. The molecule has 0 radical (unpaired) electrons. The highest BCUT2D eigenvalue weighted by Crippen LogP contribution is 2.55. The molecule has 276 valence electrons. The molecule has 10 aromatic rings. The number of anilines is 3. The van der Waals surface area contributed by atoms with Crippen LogP contribution in [0.4, 0.5) is 17.1 Å². The van der Waals surface area contributed by atoms with Crippen molar-refractivity contribution in [1.29, 1.82) is 0 Å². The number of nitrogens with zero attached hydrogens (tertiary/aromatic N) is 1. The van der Waals surface area contributed by atoms with Crippen molar-refractivity contribution in [2.24, 2.45) is 0 Å². The van der Waals surface area contributed by atoms with Crippen LogP contribution in [-0.4, -0.2) is 0 Å². The first kappa shape index (κ1) is 33.3. The zero-order chi connectivity index (χ0) is 38.9. The van der Waals surface area contributed by atoms with E-state index in [1.165, 1.54) is 66.1 Å². The minimum Gasteiger partial charge on any atom is -0.456 e. The first-order valence-electron chi connectivity index (χ1n) is 20.4. The van der Waals surface area contributed by atoms with Crippen LogP contribution in [0.3, 0.4) is 0 Å². The number of para-hydroxylation sites is 1. The average molecular weight is 744 g/mol. The molecule has 0 spiro atoms. The summed E-state index contributed by atoms with van der Waals surface area (Å²) < 4.78 is 6.63. The van der Waals surface area contributed by atoms with Crippen molar-refractivity contribution in [3.8, 4) is 33.4 Å². The molecule has 0 N–H and O–H groups in total. The van der Waals surface area contributed by atoms with Gasteiger partial charge in [0.15, 0.2) is 0 Å². The molecule has 2 nitrogen and oxygen atoms in total. The summed E-state index contributed by atoms with van der Waals surface area (Å²) in [4.78, 5) is 2.51. The predicted octanol–water partition coefficient (Wildman–Crippen LogP) is 15.6. The molecule has 0 saturated heterocycles. The van der Waals surface area contributed by atoms with Gasteiger partial charge in [-0.2, -0.15) is 0 Å². The fourth-order valence-electron chi connectivity index (χ4n) is 10.5. The van der Waals surface area contributed by atoms with Crippen molar-refractivity contribution < 1.29 is 4.42 Å². The summed E-state index contributed by atoms with van der Waals surface area (Å²) >= 11 is 0. The number of fused-ring (bicyclic) bond motifs is 12. The van der Waals surface area contributed by atoms with Gasteiger partial charge in [-0.3, -0.25) is 0 Å². The van der Waals surface area contributed by atoms with E-state index < -0.39 is 0 Å². The summed E-state index contributed by atoms with van der Waals surface area (Å²) in [7, 11) is 0. The molecule has 1 aromatic heterocycles. The third-order valence-electron chi connectivity index (χ3n) is 13.4. The predicted molar refractivity (Wildman–Crippen MR) is 244 cm³/mol. The Morgan fingerprint density at radius 2 is 0.948 bits per heavy atom. The SMILES string of the molecule is CC1(C)c2ccccc2-c2ccc(N(c3ccc4c(c3)C(C)(C)c3ccccc3-4)c3ccc4oc5ccccc5c4c3-c3ccc4c(ccc5ccccc54)c3)cc21. The quantitative estimate of drug-likeness (QED) is 0.167. The van der Waals surface area contributed by atoms with Crippen LogP contribution >= 0.6 is 0 Å². The van der Waals surface area contributed by atoms with Gasteiger partial charge in [0.25, 0.3) is 0 Å². The molecule has 1 heterocycles. The lowest BCUT2D eigenvalue weighted by Crippen LogP contribution is -2.18. The second-order valence-electron chi connectivity index (χ2n) is 17.3. The zero-order valence-corrected chi connectivity index (χ0v) is 33.1. The summed E-state index contributed by atoms with van der Waals surface area (Å²) in [5.41, 5.74) is 17.9. The summed E-state index contributed by atoms with van der Waals surface area (Å²) in [6.45, 7) is 9.48. The summed E-state index contributed by atoms with van der Waals surface area (Å²) in [5, 5.41) is 7.23. The van der Waals surface area contributed by atoms with E-state index in [0.717, 1.165) is 50.1 Å². The maximum absolute atomic E-state index is 6.63. The third kappa shape index (κ3) is 4.54. The summed E-state index contributed by atoms with van der Waals surface area (Å²) in [5.74, 6) is 0. The van der Waals surface area contributed by atoms with Crippen LogP contribution in [-0.2, 0) is 10.8 Å². The maximum atomic E-state index is 6.63. The number of hydrogen-bond donors (Lipinski definition) is 0. The number of hydrogen-bond acceptors (Lipinski definition) is 2. The van der Waals surface area contributed by atoms with Crippen molar-refractivity contribution in [3.63, 3.8) is 0 Å². The molecule has 2 heteroatoms. The third-order valence-corrected chi connectivity index (χ3v) is 13.4. The van der Waals surface area contributed by atoms with Crippen LogP contribution in [0, 0.1) is 0 Å². The normalized spacial score (nSPS) is 14.5. The molecule has 0 atom stereocenters. The van der Waals surface area contributed by atoms with E-state index in [4.69, 9.17) is 4.42 Å². The number of benzene rings is 9. The Hall–Kier alpha value is -6.90. The van der Waals surface area contributed by atoms with E-state index in [9.17, 15) is 0 Å². The largest absolute Gasteiger partial charge is 0.456 e. The van der Waals surface area contributed by atoms with Crippen molar-refractivity contribution >= 4 is 60.5 Å². The standard InChI is InChI=1S/C56H41NO/c1-55(2)46-18-10-7-15-41(46)43-27-24-37(32-48(43)55)57(38-25-28-44-42-16-8-11-19-47(42)56(3,4)49(44)33-38)50-29-30-52-54(45-17-9-12-20-51(45)58-52)53(50)36-23-26-40-35(31-36)22-21-34-13-5-6-14-39(34)40/h5-33H,1-4H3. The lowest BCUT2D eigenvalue weighted by molar-refractivity contribution is 0.660. The first-order chi connectivity index (χ1) is 28.3. The van der Waals surface area contributed by atoms with Gasteiger partial charge in [-0.1, -0.05) is 155 Å². The van der Waals surface area contributed by atoms with Crippen LogP contribution in [0.25, 0.3) is 76.9 Å². The molecule has 58 heavy (non-hydrogen) atoms. The van der Waals surface area contributed by atoms with Crippen LogP contribution in [0.15, 0.2) is 180 Å². The molecule has 12 rings (SSSR count). The van der Waals surface area contributed by atoms with Gasteiger partial charge in [-0.15, -0.1) is 0 Å². The Kier molecular flexibility index (Phi) is 6.78. The van der Waals surface area contributed by atoms with Crippen LogP contribution < -0.4 is 4.90 Å². The van der Waals surface area contributed by atoms with Gasteiger partial charge in [0.05, 0.1) is 5.69 Å². The van der Waals surface area contributed by atoms with E-state index in [0.29, 0.717) is 0 Å². The highest BCUT2D eigenvalue weighted by Gasteiger charge is 2.38. The van der Waals surface area contributed by atoms with E-state index in [1.807, 2.05) is 0 Å². The summed E-state index contributed by atoms with van der Waals surface area (Å²) in [6, 6.07) is 65.3. The Morgan fingerprint density at radius 1 is 0.397 bits per heavy atom. The van der Waals surface area contributed by atoms with Gasteiger partial charge in [0, 0.05) is 38.5 Å².